The Morgan fingerprint density at radius 2 is 1.86 bits per heavy atom. The highest BCUT2D eigenvalue weighted by Gasteiger charge is 2.10. The molecule has 0 aliphatic rings. The maximum atomic E-state index is 12.1. The van der Waals surface area contributed by atoms with E-state index in [1.807, 2.05) is 0 Å². The molecule has 0 radical (unpaired) electrons. The second-order valence-electron chi connectivity index (χ2n) is 5.99. The lowest BCUT2D eigenvalue weighted by Gasteiger charge is -2.09. The Hall–Kier alpha value is -2.96. The highest BCUT2D eigenvalue weighted by Crippen LogP contribution is 2.31. The largest absolute Gasteiger partial charge is 0.493 e. The topological polar surface area (TPSA) is 73.1 Å². The van der Waals surface area contributed by atoms with Crippen LogP contribution in [0.1, 0.15) is 11.3 Å². The van der Waals surface area contributed by atoms with Crippen molar-refractivity contribution in [3.05, 3.63) is 69.9 Å². The smallest absolute Gasteiger partial charge is 0.244 e. The van der Waals surface area contributed by atoms with Crippen LogP contribution in [0.5, 0.6) is 11.5 Å². The van der Waals surface area contributed by atoms with E-state index in [0.717, 1.165) is 5.56 Å². The van der Waals surface area contributed by atoms with Crippen molar-refractivity contribution in [3.63, 3.8) is 0 Å². The Balaban J connectivity index is 1.61. The van der Waals surface area contributed by atoms with E-state index in [4.69, 9.17) is 37.1 Å². The van der Waals surface area contributed by atoms with Crippen LogP contribution in [0, 0.1) is 0 Å². The average molecular weight is 433 g/mol. The number of hydrogen-bond donors (Lipinski definition) is 1. The van der Waals surface area contributed by atoms with Gasteiger partial charge in [-0.3, -0.25) is 4.79 Å². The average Bonchev–Trinajstić information content (AvgIpc) is 3.18. The monoisotopic (exact) mass is 432 g/mol. The van der Waals surface area contributed by atoms with Crippen LogP contribution in [0.3, 0.4) is 0 Å². The number of amides is 1. The summed E-state index contributed by atoms with van der Waals surface area (Å²) < 4.78 is 16.1. The highest BCUT2D eigenvalue weighted by atomic mass is 35.5. The molecule has 0 bridgehead atoms. The summed E-state index contributed by atoms with van der Waals surface area (Å²) in [5.41, 5.74) is 3.91. The van der Waals surface area contributed by atoms with Crippen LogP contribution in [-0.2, 0) is 11.2 Å². The molecule has 1 N–H and O–H groups in total. The number of halogens is 2. The number of benzene rings is 2. The van der Waals surface area contributed by atoms with Gasteiger partial charge in [0.2, 0.25) is 5.91 Å². The standard InChI is InChI=1S/C21H18Cl2N2O4/c1-27-19-7-3-13(9-20(19)28-2)10-21(26)25-24-12-15-5-8-18(29-15)16-11-14(22)4-6-17(16)23/h3-9,11-12H,10H2,1-2H3,(H,25,26)/b24-12+. The van der Waals surface area contributed by atoms with Gasteiger partial charge >= 0.3 is 0 Å². The summed E-state index contributed by atoms with van der Waals surface area (Å²) in [5.74, 6) is 1.89. The number of furan rings is 1. The van der Waals surface area contributed by atoms with Crippen LogP contribution < -0.4 is 14.9 Å². The van der Waals surface area contributed by atoms with E-state index >= 15 is 0 Å². The van der Waals surface area contributed by atoms with E-state index < -0.39 is 0 Å². The van der Waals surface area contributed by atoms with Crippen LogP contribution >= 0.6 is 23.2 Å². The summed E-state index contributed by atoms with van der Waals surface area (Å²) in [6.07, 6.45) is 1.55. The third kappa shape index (κ3) is 5.31. The third-order valence-electron chi connectivity index (χ3n) is 4.01. The molecule has 6 nitrogen and oxygen atoms in total. The first kappa shape index (κ1) is 20.8. The Labute approximate surface area is 178 Å². The number of hydrazone groups is 1. The molecule has 3 aromatic rings. The van der Waals surface area contributed by atoms with Gasteiger partial charge in [-0.25, -0.2) is 5.43 Å². The number of nitrogens with zero attached hydrogens (tertiary/aromatic N) is 1. The highest BCUT2D eigenvalue weighted by molar-refractivity contribution is 6.35. The molecular formula is C21H18Cl2N2O4. The van der Waals surface area contributed by atoms with E-state index in [1.165, 1.54) is 6.21 Å². The zero-order chi connectivity index (χ0) is 20.8. The maximum Gasteiger partial charge on any atom is 0.244 e. The number of nitrogens with one attached hydrogen (secondary N) is 1. The van der Waals surface area contributed by atoms with Gasteiger partial charge in [0.1, 0.15) is 11.5 Å². The maximum absolute atomic E-state index is 12.1. The van der Waals surface area contributed by atoms with Crippen molar-refractivity contribution < 1.29 is 18.7 Å². The van der Waals surface area contributed by atoms with E-state index in [-0.39, 0.29) is 12.3 Å². The molecule has 0 saturated carbocycles. The molecule has 150 valence electrons. The van der Waals surface area contributed by atoms with Crippen LogP contribution in [0.2, 0.25) is 10.0 Å². The molecule has 0 saturated heterocycles. The van der Waals surface area contributed by atoms with Crippen molar-refractivity contribution in [1.29, 1.82) is 0 Å². The fourth-order valence-electron chi connectivity index (χ4n) is 2.64. The molecule has 0 fully saturated rings. The van der Waals surface area contributed by atoms with Crippen molar-refractivity contribution in [3.8, 4) is 22.8 Å². The number of rotatable bonds is 7. The van der Waals surface area contributed by atoms with E-state index in [2.05, 4.69) is 10.5 Å². The number of hydrogen-bond acceptors (Lipinski definition) is 5. The van der Waals surface area contributed by atoms with Crippen molar-refractivity contribution >= 4 is 35.3 Å². The number of ether oxygens (including phenoxy) is 2. The van der Waals surface area contributed by atoms with Gasteiger partial charge in [0, 0.05) is 10.6 Å². The van der Waals surface area contributed by atoms with Crippen molar-refractivity contribution in [2.45, 2.75) is 6.42 Å². The van der Waals surface area contributed by atoms with Crippen molar-refractivity contribution in [2.75, 3.05) is 14.2 Å². The predicted molar refractivity (Wildman–Crippen MR) is 113 cm³/mol. The van der Waals surface area contributed by atoms with Gasteiger partial charge in [-0.2, -0.15) is 5.10 Å². The Morgan fingerprint density at radius 3 is 2.62 bits per heavy atom. The Morgan fingerprint density at radius 1 is 1.07 bits per heavy atom. The molecule has 0 aliphatic carbocycles. The molecule has 8 heteroatoms. The molecule has 0 unspecified atom stereocenters. The lowest BCUT2D eigenvalue weighted by Crippen LogP contribution is -2.19. The second kappa shape index (κ2) is 9.49. The fraction of sp³-hybridized carbons (Fsp3) is 0.143. The quantitative estimate of drug-likeness (QED) is 0.422. The molecule has 0 aliphatic heterocycles. The van der Waals surface area contributed by atoms with Crippen molar-refractivity contribution in [2.24, 2.45) is 5.10 Å². The van der Waals surface area contributed by atoms with Gasteiger partial charge in [0.15, 0.2) is 11.5 Å². The first-order valence-corrected chi connectivity index (χ1v) is 9.34. The van der Waals surface area contributed by atoms with Gasteiger partial charge in [-0.15, -0.1) is 0 Å². The lowest BCUT2D eigenvalue weighted by molar-refractivity contribution is -0.120. The van der Waals surface area contributed by atoms with Crippen LogP contribution in [0.4, 0.5) is 0 Å². The van der Waals surface area contributed by atoms with Crippen LogP contribution in [0.15, 0.2) is 58.0 Å². The van der Waals surface area contributed by atoms with Crippen LogP contribution in [-0.4, -0.2) is 26.3 Å². The minimum Gasteiger partial charge on any atom is -0.493 e. The lowest BCUT2D eigenvalue weighted by atomic mass is 10.1. The number of carbonyl (C=O) groups is 1. The summed E-state index contributed by atoms with van der Waals surface area (Å²) in [6.45, 7) is 0. The first-order valence-electron chi connectivity index (χ1n) is 8.58. The molecule has 1 heterocycles. The van der Waals surface area contributed by atoms with E-state index in [1.54, 1.807) is 62.8 Å². The SMILES string of the molecule is COc1ccc(CC(=O)N/N=C/c2ccc(-c3cc(Cl)ccc3Cl)o2)cc1OC. The normalized spacial score (nSPS) is 10.9. The van der Waals surface area contributed by atoms with Crippen molar-refractivity contribution in [1.82, 2.24) is 5.43 Å². The first-order chi connectivity index (χ1) is 14.0. The summed E-state index contributed by atoms with van der Waals surface area (Å²) in [5, 5.41) is 5.01. The number of methoxy groups -OCH3 is 2. The predicted octanol–water partition coefficient (Wildman–Crippen LogP) is 4.96. The molecular weight excluding hydrogens is 415 g/mol. The molecule has 1 amide bonds. The molecule has 0 atom stereocenters. The molecule has 3 rings (SSSR count). The summed E-state index contributed by atoms with van der Waals surface area (Å²) >= 11 is 12.2. The zero-order valence-corrected chi connectivity index (χ0v) is 17.3. The van der Waals surface area contributed by atoms with E-state index in [9.17, 15) is 4.79 Å². The molecule has 0 spiro atoms. The zero-order valence-electron chi connectivity index (χ0n) is 15.7. The molecule has 1 aromatic heterocycles. The van der Waals surface area contributed by atoms with Gasteiger partial charge in [-0.1, -0.05) is 29.3 Å². The number of carbonyl (C=O) groups excluding carboxylic acids is 1. The van der Waals surface area contributed by atoms with Gasteiger partial charge in [-0.05, 0) is 48.0 Å². The summed E-state index contributed by atoms with van der Waals surface area (Å²) in [4.78, 5) is 12.1. The van der Waals surface area contributed by atoms with Gasteiger partial charge < -0.3 is 13.9 Å². The van der Waals surface area contributed by atoms with E-state index in [0.29, 0.717) is 38.6 Å². The third-order valence-corrected chi connectivity index (χ3v) is 4.58. The summed E-state index contributed by atoms with van der Waals surface area (Å²) in [6, 6.07) is 13.9. The Kier molecular flexibility index (Phi) is 6.80. The minimum absolute atomic E-state index is 0.138. The Bertz CT molecular complexity index is 1050. The second-order valence-corrected chi connectivity index (χ2v) is 6.83. The molecule has 2 aromatic carbocycles. The van der Waals surface area contributed by atoms with Gasteiger partial charge in [0.25, 0.3) is 0 Å². The summed E-state index contributed by atoms with van der Waals surface area (Å²) in [7, 11) is 3.10. The van der Waals surface area contributed by atoms with Crippen LogP contribution in [0.25, 0.3) is 11.3 Å². The molecule has 29 heavy (non-hydrogen) atoms. The minimum atomic E-state index is -0.280. The fourth-order valence-corrected chi connectivity index (χ4v) is 3.02. The van der Waals surface area contributed by atoms with Gasteiger partial charge in [0.05, 0.1) is 31.9 Å².